The van der Waals surface area contributed by atoms with Crippen LogP contribution in [0.3, 0.4) is 0 Å². The summed E-state index contributed by atoms with van der Waals surface area (Å²) in [7, 11) is 0. The molecule has 1 unspecified atom stereocenters. The maximum Gasteiger partial charge on any atom is 0.251 e. The van der Waals surface area contributed by atoms with Crippen LogP contribution in [0.5, 0.6) is 0 Å². The zero-order chi connectivity index (χ0) is 18.1. The van der Waals surface area contributed by atoms with E-state index in [1.165, 1.54) is 0 Å². The molecule has 2 N–H and O–H groups in total. The Morgan fingerprint density at radius 2 is 1.64 bits per heavy atom. The fraction of sp³-hybridized carbons (Fsp3) is 0.333. The third-order valence-corrected chi connectivity index (χ3v) is 4.09. The first-order chi connectivity index (χ1) is 12.1. The first kappa shape index (κ1) is 18.7. The third-order valence-electron chi connectivity index (χ3n) is 4.09. The van der Waals surface area contributed by atoms with E-state index in [9.17, 15) is 9.59 Å². The van der Waals surface area contributed by atoms with Crippen molar-refractivity contribution in [3.8, 4) is 0 Å². The Kier molecular flexibility index (Phi) is 7.20. The minimum atomic E-state index is -0.128. The molecule has 0 aromatic heterocycles. The quantitative estimate of drug-likeness (QED) is 0.686. The summed E-state index contributed by atoms with van der Waals surface area (Å²) < 4.78 is 0. The smallest absolute Gasteiger partial charge is 0.251 e. The summed E-state index contributed by atoms with van der Waals surface area (Å²) in [5.74, 6) is -0.111. The molecule has 1 atom stereocenters. The average molecular weight is 338 g/mol. The van der Waals surface area contributed by atoms with Crippen molar-refractivity contribution in [1.29, 1.82) is 0 Å². The van der Waals surface area contributed by atoms with E-state index in [1.807, 2.05) is 37.3 Å². The van der Waals surface area contributed by atoms with Crippen molar-refractivity contribution in [2.45, 2.75) is 45.6 Å². The van der Waals surface area contributed by atoms with Gasteiger partial charge in [-0.25, -0.2) is 0 Å². The van der Waals surface area contributed by atoms with Gasteiger partial charge >= 0.3 is 0 Å². The van der Waals surface area contributed by atoms with Crippen LogP contribution in [-0.2, 0) is 4.79 Å². The van der Waals surface area contributed by atoms with E-state index in [0.29, 0.717) is 17.7 Å². The molecule has 0 bridgehead atoms. The van der Waals surface area contributed by atoms with Gasteiger partial charge in [0.05, 0.1) is 6.04 Å². The van der Waals surface area contributed by atoms with Crippen LogP contribution in [-0.4, -0.2) is 11.8 Å². The molecule has 0 saturated heterocycles. The molecule has 0 saturated carbocycles. The standard InChI is InChI=1S/C21H26N2O2/c1-3-4-6-11-20(24)23-19-14-12-18(13-15-19)21(25)22-16(2)17-9-7-5-8-10-17/h5,7-10,12-16H,3-4,6,11H2,1-2H3,(H,22,25)(H,23,24). The van der Waals surface area contributed by atoms with E-state index in [0.717, 1.165) is 24.8 Å². The number of anilines is 1. The van der Waals surface area contributed by atoms with Crippen molar-refractivity contribution >= 4 is 17.5 Å². The molecular formula is C21H26N2O2. The fourth-order valence-corrected chi connectivity index (χ4v) is 2.57. The summed E-state index contributed by atoms with van der Waals surface area (Å²) in [6.45, 7) is 4.07. The second-order valence-electron chi connectivity index (χ2n) is 6.19. The maximum atomic E-state index is 12.3. The zero-order valence-corrected chi connectivity index (χ0v) is 14.9. The lowest BCUT2D eigenvalue weighted by Gasteiger charge is -2.14. The number of nitrogens with one attached hydrogen (secondary N) is 2. The van der Waals surface area contributed by atoms with Gasteiger partial charge in [0.1, 0.15) is 0 Å². The van der Waals surface area contributed by atoms with Crippen LogP contribution in [0.4, 0.5) is 5.69 Å². The van der Waals surface area contributed by atoms with Crippen molar-refractivity contribution in [1.82, 2.24) is 5.32 Å². The van der Waals surface area contributed by atoms with Gasteiger partial charge < -0.3 is 10.6 Å². The van der Waals surface area contributed by atoms with Gasteiger partial charge in [-0.2, -0.15) is 0 Å². The molecule has 4 heteroatoms. The van der Waals surface area contributed by atoms with Crippen molar-refractivity contribution < 1.29 is 9.59 Å². The van der Waals surface area contributed by atoms with Crippen LogP contribution >= 0.6 is 0 Å². The molecule has 0 heterocycles. The highest BCUT2D eigenvalue weighted by atomic mass is 16.2. The van der Waals surface area contributed by atoms with Gasteiger partial charge in [-0.05, 0) is 43.2 Å². The Labute approximate surface area is 149 Å². The predicted octanol–water partition coefficient (Wildman–Crippen LogP) is 4.70. The van der Waals surface area contributed by atoms with E-state index in [1.54, 1.807) is 24.3 Å². The normalized spacial score (nSPS) is 11.6. The summed E-state index contributed by atoms with van der Waals surface area (Å²) in [5, 5.41) is 5.84. The minimum Gasteiger partial charge on any atom is -0.346 e. The number of carbonyl (C=O) groups excluding carboxylic acids is 2. The Bertz CT molecular complexity index is 681. The Hall–Kier alpha value is -2.62. The van der Waals surface area contributed by atoms with Gasteiger partial charge in [-0.1, -0.05) is 50.1 Å². The number of rotatable bonds is 8. The summed E-state index contributed by atoms with van der Waals surface area (Å²) in [5.41, 5.74) is 2.35. The molecule has 2 rings (SSSR count). The molecule has 0 fully saturated rings. The van der Waals surface area contributed by atoms with Gasteiger partial charge in [-0.3, -0.25) is 9.59 Å². The van der Waals surface area contributed by atoms with Gasteiger partial charge in [0.25, 0.3) is 5.91 Å². The van der Waals surface area contributed by atoms with E-state index in [2.05, 4.69) is 17.6 Å². The molecule has 2 amide bonds. The SMILES string of the molecule is CCCCCC(=O)Nc1ccc(C(=O)NC(C)c2ccccc2)cc1. The van der Waals surface area contributed by atoms with Crippen molar-refractivity contribution in [2.24, 2.45) is 0 Å². The second-order valence-corrected chi connectivity index (χ2v) is 6.19. The molecule has 25 heavy (non-hydrogen) atoms. The number of benzene rings is 2. The minimum absolute atomic E-state index is 0.0170. The van der Waals surface area contributed by atoms with Crippen molar-refractivity contribution in [2.75, 3.05) is 5.32 Å². The summed E-state index contributed by atoms with van der Waals surface area (Å²) >= 11 is 0. The number of amides is 2. The highest BCUT2D eigenvalue weighted by molar-refractivity contribution is 5.96. The van der Waals surface area contributed by atoms with Crippen molar-refractivity contribution in [3.05, 3.63) is 65.7 Å². The topological polar surface area (TPSA) is 58.2 Å². The first-order valence-electron chi connectivity index (χ1n) is 8.86. The van der Waals surface area contributed by atoms with Gasteiger partial charge in [-0.15, -0.1) is 0 Å². The highest BCUT2D eigenvalue weighted by Crippen LogP contribution is 2.14. The number of unbranched alkanes of at least 4 members (excludes halogenated alkanes) is 2. The van der Waals surface area contributed by atoms with Gasteiger partial charge in [0, 0.05) is 17.7 Å². The summed E-state index contributed by atoms with van der Waals surface area (Å²) in [6.07, 6.45) is 3.59. The van der Waals surface area contributed by atoms with E-state index in [-0.39, 0.29) is 17.9 Å². The van der Waals surface area contributed by atoms with Crippen LogP contribution in [0, 0.1) is 0 Å². The molecule has 2 aromatic rings. The Morgan fingerprint density at radius 3 is 2.28 bits per heavy atom. The molecule has 4 nitrogen and oxygen atoms in total. The van der Waals surface area contributed by atoms with Crippen LogP contribution < -0.4 is 10.6 Å². The lowest BCUT2D eigenvalue weighted by molar-refractivity contribution is -0.116. The lowest BCUT2D eigenvalue weighted by atomic mass is 10.1. The van der Waals surface area contributed by atoms with E-state index in [4.69, 9.17) is 0 Å². The number of hydrogen-bond acceptors (Lipinski definition) is 2. The molecule has 0 spiro atoms. The molecule has 0 radical (unpaired) electrons. The molecular weight excluding hydrogens is 312 g/mol. The zero-order valence-electron chi connectivity index (χ0n) is 14.9. The average Bonchev–Trinajstić information content (AvgIpc) is 2.63. The Morgan fingerprint density at radius 1 is 0.960 bits per heavy atom. The van der Waals surface area contributed by atoms with Gasteiger partial charge in [0.15, 0.2) is 0 Å². The fourth-order valence-electron chi connectivity index (χ4n) is 2.57. The first-order valence-corrected chi connectivity index (χ1v) is 8.86. The maximum absolute atomic E-state index is 12.3. The van der Waals surface area contributed by atoms with E-state index >= 15 is 0 Å². The summed E-state index contributed by atoms with van der Waals surface area (Å²) in [4.78, 5) is 24.2. The molecule has 0 aliphatic heterocycles. The monoisotopic (exact) mass is 338 g/mol. The number of hydrogen-bond donors (Lipinski definition) is 2. The van der Waals surface area contributed by atoms with Crippen LogP contribution in [0.1, 0.15) is 61.5 Å². The molecule has 132 valence electrons. The third kappa shape index (κ3) is 6.07. The number of carbonyl (C=O) groups is 2. The predicted molar refractivity (Wildman–Crippen MR) is 102 cm³/mol. The van der Waals surface area contributed by atoms with Crippen LogP contribution in [0.15, 0.2) is 54.6 Å². The summed E-state index contributed by atoms with van der Waals surface area (Å²) in [6, 6.07) is 16.8. The van der Waals surface area contributed by atoms with E-state index < -0.39 is 0 Å². The largest absolute Gasteiger partial charge is 0.346 e. The van der Waals surface area contributed by atoms with Gasteiger partial charge in [0.2, 0.25) is 5.91 Å². The highest BCUT2D eigenvalue weighted by Gasteiger charge is 2.11. The lowest BCUT2D eigenvalue weighted by Crippen LogP contribution is -2.26. The molecule has 2 aromatic carbocycles. The van der Waals surface area contributed by atoms with Crippen LogP contribution in [0.25, 0.3) is 0 Å². The molecule has 0 aliphatic carbocycles. The second kappa shape index (κ2) is 9.62. The van der Waals surface area contributed by atoms with Crippen LogP contribution in [0.2, 0.25) is 0 Å². The Balaban J connectivity index is 1.88. The van der Waals surface area contributed by atoms with Crippen molar-refractivity contribution in [3.63, 3.8) is 0 Å². The molecule has 0 aliphatic rings.